The van der Waals surface area contributed by atoms with E-state index in [4.69, 9.17) is 9.47 Å². The maximum Gasteiger partial charge on any atom is 0.317 e. The van der Waals surface area contributed by atoms with E-state index in [1.54, 1.807) is 36.3 Å². The van der Waals surface area contributed by atoms with E-state index in [0.717, 1.165) is 5.56 Å². The molecule has 30 heavy (non-hydrogen) atoms. The number of piperazine rings is 1. The summed E-state index contributed by atoms with van der Waals surface area (Å²) >= 11 is 0. The van der Waals surface area contributed by atoms with Gasteiger partial charge in [0.25, 0.3) is 0 Å². The highest BCUT2D eigenvalue weighted by Crippen LogP contribution is 2.25. The van der Waals surface area contributed by atoms with Crippen molar-refractivity contribution in [2.24, 2.45) is 0 Å². The number of urea groups is 1. The molecular formula is C21H27N3O5S. The highest BCUT2D eigenvalue weighted by atomic mass is 32.2. The Bertz CT molecular complexity index is 929. The fourth-order valence-corrected chi connectivity index (χ4v) is 4.73. The topological polar surface area (TPSA) is 88.2 Å². The van der Waals surface area contributed by atoms with Crippen LogP contribution in [-0.2, 0) is 15.8 Å². The quantitative estimate of drug-likeness (QED) is 0.643. The van der Waals surface area contributed by atoms with Gasteiger partial charge in [0.05, 0.1) is 19.4 Å². The minimum Gasteiger partial charge on any atom is -0.493 e. The number of para-hydroxylation sites is 2. The van der Waals surface area contributed by atoms with Crippen molar-refractivity contribution in [3.05, 3.63) is 60.2 Å². The van der Waals surface area contributed by atoms with Crippen molar-refractivity contribution in [1.82, 2.24) is 14.5 Å². The lowest BCUT2D eigenvalue weighted by Crippen LogP contribution is -2.53. The summed E-state index contributed by atoms with van der Waals surface area (Å²) < 4.78 is 37.5. The SMILES string of the molecule is COc1ccccc1OCCNC(=O)N1CCN(S(=O)(=O)Cc2ccccc2)CC1. The number of rotatable bonds is 8. The first-order valence-electron chi connectivity index (χ1n) is 9.80. The van der Waals surface area contributed by atoms with Crippen LogP contribution < -0.4 is 14.8 Å². The van der Waals surface area contributed by atoms with Crippen LogP contribution in [0.5, 0.6) is 11.5 Å². The van der Waals surface area contributed by atoms with Crippen molar-refractivity contribution < 1.29 is 22.7 Å². The van der Waals surface area contributed by atoms with E-state index in [1.165, 1.54) is 4.31 Å². The molecule has 0 aliphatic carbocycles. The summed E-state index contributed by atoms with van der Waals surface area (Å²) in [6.07, 6.45) is 0. The Morgan fingerprint density at radius 2 is 1.60 bits per heavy atom. The standard InChI is InChI=1S/C21H27N3O5S/c1-28-19-9-5-6-10-20(19)29-16-11-22-21(25)23-12-14-24(15-13-23)30(26,27)17-18-7-3-2-4-8-18/h2-10H,11-17H2,1H3,(H,22,25). The molecule has 9 heteroatoms. The van der Waals surface area contributed by atoms with Crippen molar-refractivity contribution in [3.63, 3.8) is 0 Å². The van der Waals surface area contributed by atoms with Crippen LogP contribution in [0.15, 0.2) is 54.6 Å². The molecule has 8 nitrogen and oxygen atoms in total. The van der Waals surface area contributed by atoms with E-state index in [9.17, 15) is 13.2 Å². The van der Waals surface area contributed by atoms with Gasteiger partial charge in [0, 0.05) is 26.2 Å². The molecule has 1 N–H and O–H groups in total. The number of carbonyl (C=O) groups excluding carboxylic acids is 1. The third-order valence-electron chi connectivity index (χ3n) is 4.82. The molecule has 2 aromatic carbocycles. The average Bonchev–Trinajstić information content (AvgIpc) is 2.77. The van der Waals surface area contributed by atoms with Crippen molar-refractivity contribution >= 4 is 16.1 Å². The summed E-state index contributed by atoms with van der Waals surface area (Å²) in [4.78, 5) is 14.0. The number of amides is 2. The Hall–Kier alpha value is -2.78. The Morgan fingerprint density at radius 3 is 2.27 bits per heavy atom. The molecule has 1 heterocycles. The smallest absolute Gasteiger partial charge is 0.317 e. The van der Waals surface area contributed by atoms with E-state index < -0.39 is 10.0 Å². The van der Waals surface area contributed by atoms with Gasteiger partial charge in [0.2, 0.25) is 10.0 Å². The number of nitrogens with zero attached hydrogens (tertiary/aromatic N) is 2. The molecule has 3 rings (SSSR count). The summed E-state index contributed by atoms with van der Waals surface area (Å²) in [5, 5.41) is 2.81. The first-order valence-corrected chi connectivity index (χ1v) is 11.4. The van der Waals surface area contributed by atoms with E-state index in [1.807, 2.05) is 30.3 Å². The summed E-state index contributed by atoms with van der Waals surface area (Å²) in [7, 11) is -1.83. The Balaban J connectivity index is 1.40. The van der Waals surface area contributed by atoms with Crippen molar-refractivity contribution in [2.75, 3.05) is 46.4 Å². The third-order valence-corrected chi connectivity index (χ3v) is 6.67. The van der Waals surface area contributed by atoms with E-state index >= 15 is 0 Å². The van der Waals surface area contributed by atoms with Crippen LogP contribution in [0.3, 0.4) is 0 Å². The van der Waals surface area contributed by atoms with Gasteiger partial charge in [-0.3, -0.25) is 0 Å². The molecule has 1 aliphatic rings. The molecule has 2 amide bonds. The summed E-state index contributed by atoms with van der Waals surface area (Å²) in [5.74, 6) is 1.23. The van der Waals surface area contributed by atoms with E-state index in [2.05, 4.69) is 5.32 Å². The molecule has 1 aliphatic heterocycles. The number of sulfonamides is 1. The minimum atomic E-state index is -3.40. The monoisotopic (exact) mass is 433 g/mol. The zero-order valence-corrected chi connectivity index (χ0v) is 17.8. The number of hydrogen-bond donors (Lipinski definition) is 1. The number of methoxy groups -OCH3 is 1. The molecule has 0 spiro atoms. The average molecular weight is 434 g/mol. The Labute approximate surface area is 177 Å². The van der Waals surface area contributed by atoms with Crippen molar-refractivity contribution in [1.29, 1.82) is 0 Å². The molecular weight excluding hydrogens is 406 g/mol. The van der Waals surface area contributed by atoms with Gasteiger partial charge in [-0.2, -0.15) is 4.31 Å². The van der Waals surface area contributed by atoms with Crippen LogP contribution in [0.2, 0.25) is 0 Å². The highest BCUT2D eigenvalue weighted by molar-refractivity contribution is 7.88. The lowest BCUT2D eigenvalue weighted by Gasteiger charge is -2.34. The first-order chi connectivity index (χ1) is 14.5. The van der Waals surface area contributed by atoms with Gasteiger partial charge in [0.15, 0.2) is 11.5 Å². The van der Waals surface area contributed by atoms with E-state index in [-0.39, 0.29) is 11.8 Å². The molecule has 2 aromatic rings. The second-order valence-electron chi connectivity index (χ2n) is 6.86. The molecule has 0 saturated carbocycles. The third kappa shape index (κ3) is 5.87. The maximum absolute atomic E-state index is 12.6. The lowest BCUT2D eigenvalue weighted by molar-refractivity contribution is 0.170. The fourth-order valence-electron chi connectivity index (χ4n) is 3.21. The Kier molecular flexibility index (Phi) is 7.53. The predicted molar refractivity (Wildman–Crippen MR) is 114 cm³/mol. The lowest BCUT2D eigenvalue weighted by atomic mass is 10.2. The van der Waals surface area contributed by atoms with Crippen LogP contribution >= 0.6 is 0 Å². The zero-order chi connectivity index (χ0) is 21.4. The minimum absolute atomic E-state index is 0.0275. The molecule has 1 fully saturated rings. The van der Waals surface area contributed by atoms with Crippen molar-refractivity contribution in [2.45, 2.75) is 5.75 Å². The summed E-state index contributed by atoms with van der Waals surface area (Å²) in [6.45, 7) is 1.93. The molecule has 0 unspecified atom stereocenters. The number of carbonyl (C=O) groups is 1. The van der Waals surface area contributed by atoms with Gasteiger partial charge in [-0.25, -0.2) is 13.2 Å². The van der Waals surface area contributed by atoms with Gasteiger partial charge < -0.3 is 19.7 Å². The van der Waals surface area contributed by atoms with Gasteiger partial charge in [0.1, 0.15) is 6.61 Å². The largest absolute Gasteiger partial charge is 0.493 e. The van der Waals surface area contributed by atoms with E-state index in [0.29, 0.717) is 50.8 Å². The molecule has 0 aromatic heterocycles. The van der Waals surface area contributed by atoms with Crippen LogP contribution in [0.1, 0.15) is 5.56 Å². The van der Waals surface area contributed by atoms with Gasteiger partial charge >= 0.3 is 6.03 Å². The molecule has 0 radical (unpaired) electrons. The van der Waals surface area contributed by atoms with Crippen LogP contribution in [0.4, 0.5) is 4.79 Å². The van der Waals surface area contributed by atoms with Crippen molar-refractivity contribution in [3.8, 4) is 11.5 Å². The second-order valence-corrected chi connectivity index (χ2v) is 8.83. The van der Waals surface area contributed by atoms with Gasteiger partial charge in [-0.1, -0.05) is 42.5 Å². The summed E-state index contributed by atoms with van der Waals surface area (Å²) in [5.41, 5.74) is 0.757. The van der Waals surface area contributed by atoms with Crippen LogP contribution in [0.25, 0.3) is 0 Å². The number of hydrogen-bond acceptors (Lipinski definition) is 5. The maximum atomic E-state index is 12.6. The molecule has 162 valence electrons. The molecule has 1 saturated heterocycles. The Morgan fingerprint density at radius 1 is 0.967 bits per heavy atom. The molecule has 0 bridgehead atoms. The number of ether oxygens (including phenoxy) is 2. The summed E-state index contributed by atoms with van der Waals surface area (Å²) in [6, 6.07) is 16.2. The molecule has 0 atom stereocenters. The normalized spacial score (nSPS) is 14.9. The van der Waals surface area contributed by atoms with Crippen LogP contribution in [-0.4, -0.2) is 70.1 Å². The zero-order valence-electron chi connectivity index (χ0n) is 17.0. The first kappa shape index (κ1) is 21.9. The van der Waals surface area contributed by atoms with Crippen LogP contribution in [0, 0.1) is 0 Å². The van der Waals surface area contributed by atoms with Gasteiger partial charge in [-0.15, -0.1) is 0 Å². The number of benzene rings is 2. The number of nitrogens with one attached hydrogen (secondary N) is 1. The second kappa shape index (κ2) is 10.3. The highest BCUT2D eigenvalue weighted by Gasteiger charge is 2.28. The van der Waals surface area contributed by atoms with Gasteiger partial charge in [-0.05, 0) is 17.7 Å². The fraction of sp³-hybridized carbons (Fsp3) is 0.381. The predicted octanol–water partition coefficient (Wildman–Crippen LogP) is 1.93.